The number of carbonyl (C=O) groups is 2. The maximum atomic E-state index is 13.7. The van der Waals surface area contributed by atoms with E-state index in [0.29, 0.717) is 63.5 Å². The molecule has 1 saturated carbocycles. The fourth-order valence-corrected chi connectivity index (χ4v) is 6.53. The first-order valence-corrected chi connectivity index (χ1v) is 16.0. The highest BCUT2D eigenvalue weighted by Crippen LogP contribution is 2.39. The van der Waals surface area contributed by atoms with E-state index in [2.05, 4.69) is 9.97 Å². The molecular weight excluding hydrogens is 650 g/mol. The Morgan fingerprint density at radius 3 is 1.92 bits per heavy atom. The van der Waals surface area contributed by atoms with Gasteiger partial charge in [-0.1, -0.05) is 13.8 Å². The summed E-state index contributed by atoms with van der Waals surface area (Å²) in [6, 6.07) is 0.165. The van der Waals surface area contributed by atoms with Crippen LogP contribution in [0.5, 0.6) is 5.75 Å². The number of likely N-dealkylation sites (tertiary alicyclic amines) is 1. The highest BCUT2D eigenvalue weighted by atomic mass is 19.4. The van der Waals surface area contributed by atoms with Gasteiger partial charge < -0.3 is 29.5 Å². The van der Waals surface area contributed by atoms with Gasteiger partial charge in [0.1, 0.15) is 12.7 Å². The number of alkyl halides is 6. The molecule has 2 fully saturated rings. The zero-order chi connectivity index (χ0) is 35.2. The van der Waals surface area contributed by atoms with Crippen molar-refractivity contribution in [2.45, 2.75) is 108 Å². The molecule has 2 heterocycles. The Labute approximate surface area is 274 Å². The third-order valence-electron chi connectivity index (χ3n) is 8.99. The lowest BCUT2D eigenvalue weighted by atomic mass is 9.87. The normalized spacial score (nSPS) is 23.4. The van der Waals surface area contributed by atoms with Gasteiger partial charge in [0.05, 0.1) is 36.0 Å². The molecule has 1 saturated heterocycles. The molecule has 2 N–H and O–H groups in total. The fraction of sp³-hybridized carbons (Fsp3) is 0.625. The van der Waals surface area contributed by atoms with Gasteiger partial charge in [0.25, 0.3) is 0 Å². The summed E-state index contributed by atoms with van der Waals surface area (Å²) in [5.41, 5.74) is -3.12. The van der Waals surface area contributed by atoms with E-state index >= 15 is 0 Å². The Bertz CT molecular complexity index is 1340. The molecule has 2 aliphatic rings. The zero-order valence-electron chi connectivity index (χ0n) is 26.6. The van der Waals surface area contributed by atoms with Gasteiger partial charge >= 0.3 is 24.4 Å². The number of rotatable bonds is 11. The van der Waals surface area contributed by atoms with E-state index < -0.39 is 72.2 Å². The number of piperidine rings is 1. The molecule has 266 valence electrons. The van der Waals surface area contributed by atoms with Crippen molar-refractivity contribution < 1.29 is 55.6 Å². The summed E-state index contributed by atoms with van der Waals surface area (Å²) < 4.78 is 93.5. The molecule has 1 aromatic carbocycles. The number of carboxylic acids is 1. The van der Waals surface area contributed by atoms with E-state index in [9.17, 15) is 41.0 Å². The number of aliphatic carboxylic acids is 1. The second kappa shape index (κ2) is 15.6. The number of carbonyl (C=O) groups excluding carboxylic acids is 1. The largest absolute Gasteiger partial charge is 0.488 e. The monoisotopic (exact) mass is 690 g/mol. The van der Waals surface area contributed by atoms with Crippen LogP contribution in [0.25, 0.3) is 0 Å². The second-order valence-corrected chi connectivity index (χ2v) is 12.2. The number of benzene rings is 1. The van der Waals surface area contributed by atoms with E-state index in [1.54, 1.807) is 9.80 Å². The third kappa shape index (κ3) is 9.20. The molecule has 4 rings (SSSR count). The van der Waals surface area contributed by atoms with Crippen molar-refractivity contribution in [2.24, 2.45) is 5.92 Å². The molecule has 0 radical (unpaired) electrons. The highest BCUT2D eigenvalue weighted by molar-refractivity contribution is 5.70. The average molecular weight is 691 g/mol. The molecule has 1 amide bonds. The van der Waals surface area contributed by atoms with E-state index in [1.807, 2.05) is 13.8 Å². The van der Waals surface area contributed by atoms with Crippen molar-refractivity contribution in [1.29, 1.82) is 0 Å². The number of halogens is 6. The molecule has 10 nitrogen and oxygen atoms in total. The number of anilines is 1. The average Bonchev–Trinajstić information content (AvgIpc) is 3.05. The Morgan fingerprint density at radius 1 is 0.917 bits per heavy atom. The van der Waals surface area contributed by atoms with E-state index in [4.69, 9.17) is 14.6 Å². The lowest BCUT2D eigenvalue weighted by Crippen LogP contribution is -2.57. The van der Waals surface area contributed by atoms with Crippen molar-refractivity contribution in [1.82, 2.24) is 14.9 Å². The van der Waals surface area contributed by atoms with E-state index in [0.717, 1.165) is 0 Å². The number of nitrogens with zero attached hydrogens (tertiary/aromatic N) is 4. The van der Waals surface area contributed by atoms with E-state index in [1.165, 1.54) is 12.4 Å². The Hall–Kier alpha value is -3.82. The van der Waals surface area contributed by atoms with Crippen LogP contribution in [-0.2, 0) is 28.4 Å². The molecule has 1 aliphatic heterocycles. The summed E-state index contributed by atoms with van der Waals surface area (Å²) in [4.78, 5) is 36.7. The Morgan fingerprint density at radius 2 is 1.46 bits per heavy atom. The van der Waals surface area contributed by atoms with Gasteiger partial charge in [-0.05, 0) is 75.1 Å². The van der Waals surface area contributed by atoms with Gasteiger partial charge in [0.15, 0.2) is 5.75 Å². The zero-order valence-corrected chi connectivity index (χ0v) is 26.6. The van der Waals surface area contributed by atoms with Crippen molar-refractivity contribution in [3.05, 3.63) is 47.3 Å². The van der Waals surface area contributed by atoms with Crippen molar-refractivity contribution in [3.63, 3.8) is 0 Å². The Kier molecular flexibility index (Phi) is 12.0. The van der Waals surface area contributed by atoms with Crippen LogP contribution in [0.2, 0.25) is 0 Å². The van der Waals surface area contributed by atoms with Crippen LogP contribution in [0.15, 0.2) is 30.6 Å². The number of ether oxygens (including phenoxy) is 2. The van der Waals surface area contributed by atoms with Gasteiger partial charge in [-0.25, -0.2) is 14.8 Å². The SMILES string of the molecule is CC[C@@H]1CC(N(Cc2cc(C(F)(F)F)cc(C(F)(F)F)c2)c2ncc(OCCO)cn2)C[C@H](CC)N1C(=O)OC1CCC(C(=O)O)CC1. The molecule has 0 bridgehead atoms. The summed E-state index contributed by atoms with van der Waals surface area (Å²) in [5.74, 6) is -1.10. The third-order valence-corrected chi connectivity index (χ3v) is 8.99. The maximum absolute atomic E-state index is 13.7. The summed E-state index contributed by atoms with van der Waals surface area (Å²) in [5, 5.41) is 18.3. The van der Waals surface area contributed by atoms with Crippen LogP contribution in [0, 0.1) is 5.92 Å². The minimum atomic E-state index is -5.03. The topological polar surface area (TPSA) is 125 Å². The quantitative estimate of drug-likeness (QED) is 0.248. The second-order valence-electron chi connectivity index (χ2n) is 12.2. The van der Waals surface area contributed by atoms with Crippen molar-refractivity contribution >= 4 is 18.0 Å². The number of amides is 1. The minimum Gasteiger partial charge on any atom is -0.488 e. The van der Waals surface area contributed by atoms with Gasteiger partial charge in [0, 0.05) is 24.7 Å². The molecule has 1 aliphatic carbocycles. The van der Waals surface area contributed by atoms with Crippen molar-refractivity contribution in [2.75, 3.05) is 18.1 Å². The van der Waals surface area contributed by atoms with Gasteiger partial charge in [0.2, 0.25) is 5.95 Å². The number of aliphatic hydroxyl groups excluding tert-OH is 1. The number of hydrogen-bond donors (Lipinski definition) is 2. The van der Waals surface area contributed by atoms with Gasteiger partial charge in [-0.3, -0.25) is 4.79 Å². The first-order valence-electron chi connectivity index (χ1n) is 16.0. The van der Waals surface area contributed by atoms with Crippen LogP contribution in [0.1, 0.15) is 81.9 Å². The number of hydrogen-bond acceptors (Lipinski definition) is 8. The molecule has 48 heavy (non-hydrogen) atoms. The van der Waals surface area contributed by atoms with Gasteiger partial charge in [-0.2, -0.15) is 26.3 Å². The van der Waals surface area contributed by atoms with Crippen LogP contribution >= 0.6 is 0 Å². The van der Waals surface area contributed by atoms with Crippen LogP contribution < -0.4 is 9.64 Å². The summed E-state index contributed by atoms with van der Waals surface area (Å²) in [6.07, 6.45) is -5.21. The molecule has 0 spiro atoms. The van der Waals surface area contributed by atoms with Gasteiger partial charge in [-0.15, -0.1) is 0 Å². The molecule has 16 heteroatoms. The van der Waals surface area contributed by atoms with Crippen LogP contribution in [-0.4, -0.2) is 74.6 Å². The van der Waals surface area contributed by atoms with Crippen LogP contribution in [0.4, 0.5) is 37.1 Å². The summed E-state index contributed by atoms with van der Waals surface area (Å²) >= 11 is 0. The Balaban J connectivity index is 1.64. The van der Waals surface area contributed by atoms with E-state index in [-0.39, 0.29) is 36.5 Å². The maximum Gasteiger partial charge on any atom is 0.416 e. The predicted octanol–water partition coefficient (Wildman–Crippen LogP) is 6.69. The number of aromatic nitrogens is 2. The fourth-order valence-electron chi connectivity index (χ4n) is 6.53. The number of carboxylic acid groups (broad SMARTS) is 1. The molecule has 2 aromatic rings. The molecule has 1 aromatic heterocycles. The first-order chi connectivity index (χ1) is 22.6. The standard InChI is InChI=1S/C32H40F6N4O6/c1-3-23-14-25(15-24(4-2)42(23)30(46)48-26-7-5-20(6-8-26)28(44)45)41(29-39-16-27(17-40-29)47-10-9-43)18-19-11-21(31(33,34)35)13-22(12-19)32(36,37)38/h11-13,16-17,20,23-26,43H,3-10,14-15,18H2,1-2H3,(H,44,45)/t20?,23-,24+,25?,26?. The summed E-state index contributed by atoms with van der Waals surface area (Å²) in [7, 11) is 0. The molecule has 3 atom stereocenters. The highest BCUT2D eigenvalue weighted by Gasteiger charge is 2.42. The first kappa shape index (κ1) is 37.0. The lowest BCUT2D eigenvalue weighted by molar-refractivity contribution is -0.144. The lowest BCUT2D eigenvalue weighted by Gasteiger charge is -2.47. The summed E-state index contributed by atoms with van der Waals surface area (Å²) in [6.45, 7) is 3.04. The van der Waals surface area contributed by atoms with Crippen molar-refractivity contribution in [3.8, 4) is 5.75 Å². The predicted molar refractivity (Wildman–Crippen MR) is 160 cm³/mol. The van der Waals surface area contributed by atoms with Crippen LogP contribution in [0.3, 0.4) is 0 Å². The molecular formula is C32H40F6N4O6. The molecule has 1 unspecified atom stereocenters. The number of aliphatic hydroxyl groups is 1. The minimum absolute atomic E-state index is 0.0389. The smallest absolute Gasteiger partial charge is 0.416 e.